The van der Waals surface area contributed by atoms with Crippen LogP contribution in [0, 0.1) is 0 Å². The van der Waals surface area contributed by atoms with Crippen LogP contribution in [0.3, 0.4) is 0 Å². The quantitative estimate of drug-likeness (QED) is 0.468. The second kappa shape index (κ2) is 8.97. The summed E-state index contributed by atoms with van der Waals surface area (Å²) < 4.78 is 11.0. The minimum absolute atomic E-state index is 0.500. The summed E-state index contributed by atoms with van der Waals surface area (Å²) in [5, 5.41) is 3.75. The summed E-state index contributed by atoms with van der Waals surface area (Å²) in [4.78, 5) is 38.8. The van der Waals surface area contributed by atoms with Crippen molar-refractivity contribution in [2.45, 2.75) is 62.5 Å². The third kappa shape index (κ3) is 5.60. The maximum absolute atomic E-state index is 13.6. The van der Waals surface area contributed by atoms with Crippen LogP contribution in [0.25, 0.3) is 0 Å². The molecule has 1 aliphatic rings. The molecule has 0 saturated heterocycles. The molecule has 3 rings (SSSR count). The van der Waals surface area contributed by atoms with Crippen molar-refractivity contribution >= 4 is 35.5 Å². The molecule has 0 spiro atoms. The summed E-state index contributed by atoms with van der Waals surface area (Å²) >= 11 is 1.11. The lowest BCUT2D eigenvalue weighted by atomic mass is 10.1. The van der Waals surface area contributed by atoms with E-state index >= 15 is 0 Å². The molecule has 2 aromatic rings. The van der Waals surface area contributed by atoms with Crippen LogP contribution < -0.4 is 10.7 Å². The van der Waals surface area contributed by atoms with Crippen molar-refractivity contribution in [1.82, 2.24) is 10.4 Å². The maximum atomic E-state index is 13.6. The van der Waals surface area contributed by atoms with E-state index in [4.69, 9.17) is 9.47 Å². The van der Waals surface area contributed by atoms with Crippen LogP contribution in [0.2, 0.25) is 0 Å². The molecule has 1 heterocycles. The van der Waals surface area contributed by atoms with Crippen molar-refractivity contribution in [3.05, 3.63) is 60.2 Å². The van der Waals surface area contributed by atoms with E-state index in [2.05, 4.69) is 10.7 Å². The minimum Gasteiger partial charge on any atom is -0.443 e. The van der Waals surface area contributed by atoms with Gasteiger partial charge in [0.25, 0.3) is 5.91 Å². The first-order chi connectivity index (χ1) is 15.3. The molecule has 33 heavy (non-hydrogen) atoms. The van der Waals surface area contributed by atoms with E-state index in [9.17, 15) is 14.4 Å². The Morgan fingerprint density at radius 1 is 0.909 bits per heavy atom. The summed E-state index contributed by atoms with van der Waals surface area (Å²) in [6.45, 7) is 10.2. The Morgan fingerprint density at radius 2 is 1.48 bits per heavy atom. The van der Waals surface area contributed by atoms with Crippen LogP contribution >= 0.6 is 11.8 Å². The number of amides is 3. The molecule has 0 fully saturated rings. The fraction of sp³-hybridized carbons (Fsp3) is 0.375. The molecule has 8 nitrogen and oxygen atoms in total. The molecule has 0 radical (unpaired) electrons. The lowest BCUT2D eigenvalue weighted by Crippen LogP contribution is -2.60. The molecule has 2 N–H and O–H groups in total. The van der Waals surface area contributed by atoms with Gasteiger partial charge in [-0.05, 0) is 59.7 Å². The summed E-state index contributed by atoms with van der Waals surface area (Å²) in [7, 11) is 0. The molecule has 2 aromatic carbocycles. The van der Waals surface area contributed by atoms with Gasteiger partial charge in [-0.3, -0.25) is 4.79 Å². The molecular weight excluding hydrogens is 442 g/mol. The highest BCUT2D eigenvalue weighted by atomic mass is 32.2. The van der Waals surface area contributed by atoms with Crippen LogP contribution in [-0.4, -0.2) is 34.3 Å². The van der Waals surface area contributed by atoms with Gasteiger partial charge in [-0.2, -0.15) is 5.01 Å². The number of anilines is 1. The average molecular weight is 472 g/mol. The number of nitrogens with one attached hydrogen (secondary N) is 2. The number of hydrogen-bond acceptors (Lipinski definition) is 6. The van der Waals surface area contributed by atoms with E-state index < -0.39 is 34.2 Å². The summed E-state index contributed by atoms with van der Waals surface area (Å²) in [5.74, 6) is -0.500. The number of para-hydroxylation sites is 1. The van der Waals surface area contributed by atoms with E-state index in [1.165, 1.54) is 0 Å². The second-order valence-electron chi connectivity index (χ2n) is 9.49. The first-order valence-electron chi connectivity index (χ1n) is 10.5. The third-order valence-electron chi connectivity index (χ3n) is 4.35. The molecule has 176 valence electrons. The van der Waals surface area contributed by atoms with Crippen LogP contribution in [0.1, 0.15) is 47.1 Å². The van der Waals surface area contributed by atoms with Crippen LogP contribution in [0.4, 0.5) is 15.3 Å². The highest BCUT2D eigenvalue weighted by molar-refractivity contribution is 8.01. The zero-order valence-electron chi connectivity index (χ0n) is 19.6. The Balaban J connectivity index is 2.16. The molecule has 0 unspecified atom stereocenters. The number of nitrogens with zero attached hydrogens (tertiary/aromatic N) is 1. The lowest BCUT2D eigenvalue weighted by molar-refractivity contribution is -0.123. The molecule has 9 heteroatoms. The fourth-order valence-corrected chi connectivity index (χ4v) is 4.48. The molecule has 0 aliphatic carbocycles. The third-order valence-corrected chi connectivity index (χ3v) is 5.74. The molecule has 0 saturated carbocycles. The Bertz CT molecular complexity index is 1050. The number of rotatable bonds is 3. The number of carbonyl (C=O) groups excluding carboxylic acids is 3. The highest BCUT2D eigenvalue weighted by Crippen LogP contribution is 2.51. The minimum atomic E-state index is -1.68. The molecule has 0 bridgehead atoms. The largest absolute Gasteiger partial charge is 0.443 e. The first kappa shape index (κ1) is 24.4. The molecule has 1 atom stereocenters. The number of hydrazine groups is 1. The van der Waals surface area contributed by atoms with Gasteiger partial charge >= 0.3 is 12.2 Å². The zero-order chi connectivity index (χ0) is 24.4. The number of carbonyl (C=O) groups is 3. The molecular formula is C24H29N3O5S. The van der Waals surface area contributed by atoms with Gasteiger partial charge in [0.1, 0.15) is 11.2 Å². The first-order valence-corrected chi connectivity index (χ1v) is 11.3. The van der Waals surface area contributed by atoms with Gasteiger partial charge in [0.2, 0.25) is 4.87 Å². The Labute approximate surface area is 198 Å². The van der Waals surface area contributed by atoms with E-state index in [0.29, 0.717) is 16.1 Å². The van der Waals surface area contributed by atoms with E-state index in [-0.39, 0.29) is 0 Å². The molecule has 1 aliphatic heterocycles. The number of thioether (sulfide) groups is 1. The van der Waals surface area contributed by atoms with Gasteiger partial charge in [-0.15, -0.1) is 0 Å². The number of fused-ring (bicyclic) bond motifs is 1. The van der Waals surface area contributed by atoms with Crippen LogP contribution in [0.15, 0.2) is 59.5 Å². The van der Waals surface area contributed by atoms with Crippen molar-refractivity contribution in [1.29, 1.82) is 0 Å². The van der Waals surface area contributed by atoms with Gasteiger partial charge in [0, 0.05) is 16.1 Å². The second-order valence-corrected chi connectivity index (χ2v) is 10.8. The van der Waals surface area contributed by atoms with Gasteiger partial charge in [-0.25, -0.2) is 15.0 Å². The van der Waals surface area contributed by atoms with Crippen molar-refractivity contribution in [3.8, 4) is 0 Å². The predicted octanol–water partition coefficient (Wildman–Crippen LogP) is 5.26. The predicted molar refractivity (Wildman–Crippen MR) is 126 cm³/mol. The Morgan fingerprint density at radius 3 is 2.09 bits per heavy atom. The fourth-order valence-electron chi connectivity index (χ4n) is 3.20. The molecule has 3 amide bonds. The van der Waals surface area contributed by atoms with Crippen LogP contribution in [-0.2, 0) is 19.1 Å². The molecule has 0 aromatic heterocycles. The van der Waals surface area contributed by atoms with E-state index in [0.717, 1.165) is 16.8 Å². The van der Waals surface area contributed by atoms with Gasteiger partial charge in [0.05, 0.1) is 0 Å². The Kier molecular flexibility index (Phi) is 6.65. The van der Waals surface area contributed by atoms with Crippen molar-refractivity contribution in [2.24, 2.45) is 0 Å². The SMILES string of the molecule is CC(C)(C)OC(=O)NN(C(=O)OC(C)(C)C)[C@]1(Sc2ccccc2)C(=O)Nc2ccccc21. The topological polar surface area (TPSA) is 97.0 Å². The van der Waals surface area contributed by atoms with Crippen molar-refractivity contribution in [3.63, 3.8) is 0 Å². The standard InChI is InChI=1S/C24H29N3O5S/c1-22(2,3)31-20(29)26-27(21(30)32-23(4,5)6)24(33-16-12-8-7-9-13-16)17-14-10-11-15-18(17)25-19(24)28/h7-15H,1-6H3,(H,25,28)(H,26,29)/t24-/m1/s1. The van der Waals surface area contributed by atoms with Crippen molar-refractivity contribution in [2.75, 3.05) is 5.32 Å². The van der Waals surface area contributed by atoms with E-state index in [1.807, 2.05) is 30.3 Å². The summed E-state index contributed by atoms with van der Waals surface area (Å²) in [5.41, 5.74) is 1.83. The monoisotopic (exact) mass is 471 g/mol. The summed E-state index contributed by atoms with van der Waals surface area (Å²) in [6.07, 6.45) is -1.79. The van der Waals surface area contributed by atoms with Crippen molar-refractivity contribution < 1.29 is 23.9 Å². The van der Waals surface area contributed by atoms with Gasteiger partial charge < -0.3 is 14.8 Å². The lowest BCUT2D eigenvalue weighted by Gasteiger charge is -2.39. The zero-order valence-corrected chi connectivity index (χ0v) is 20.4. The maximum Gasteiger partial charge on any atom is 0.431 e. The van der Waals surface area contributed by atoms with Gasteiger partial charge in [0.15, 0.2) is 0 Å². The number of ether oxygens (including phenoxy) is 2. The average Bonchev–Trinajstić information content (AvgIpc) is 2.96. The smallest absolute Gasteiger partial charge is 0.431 e. The highest BCUT2D eigenvalue weighted by Gasteiger charge is 2.56. The van der Waals surface area contributed by atoms with Crippen LogP contribution in [0.5, 0.6) is 0 Å². The number of benzene rings is 2. The normalized spacial score (nSPS) is 17.6. The summed E-state index contributed by atoms with van der Waals surface area (Å²) in [6, 6.07) is 16.2. The number of hydrogen-bond donors (Lipinski definition) is 2. The van der Waals surface area contributed by atoms with Gasteiger partial charge in [-0.1, -0.05) is 48.2 Å². The van der Waals surface area contributed by atoms with E-state index in [1.54, 1.807) is 65.8 Å². The Hall–Kier alpha value is -3.20.